The predicted octanol–water partition coefficient (Wildman–Crippen LogP) is 3.36. The highest BCUT2D eigenvalue weighted by Crippen LogP contribution is 2.62. The number of rotatable bonds is 0. The summed E-state index contributed by atoms with van der Waals surface area (Å²) in [6.45, 7) is 2.55. The third-order valence-corrected chi connectivity index (χ3v) is 7.84. The number of aliphatic hydroxyl groups excluding tert-OH is 2. The molecule has 0 bridgehead atoms. The molecule has 0 amide bonds. The summed E-state index contributed by atoms with van der Waals surface area (Å²) < 4.78 is 0. The van der Waals surface area contributed by atoms with Crippen molar-refractivity contribution >= 4 is 0 Å². The van der Waals surface area contributed by atoms with Gasteiger partial charge in [-0.1, -0.05) is 13.3 Å². The zero-order chi connectivity index (χ0) is 13.9. The molecule has 2 N–H and O–H groups in total. The predicted molar refractivity (Wildman–Crippen MR) is 79.1 cm³/mol. The maximum absolute atomic E-state index is 10.4. The van der Waals surface area contributed by atoms with Gasteiger partial charge < -0.3 is 10.2 Å². The van der Waals surface area contributed by atoms with Crippen LogP contribution in [0.15, 0.2) is 0 Å². The largest absolute Gasteiger partial charge is 0.390 e. The molecule has 0 radical (unpaired) electrons. The fraction of sp³-hybridized carbons (Fsp3) is 1.00. The van der Waals surface area contributed by atoms with Gasteiger partial charge in [0.05, 0.1) is 12.2 Å². The van der Waals surface area contributed by atoms with Crippen LogP contribution in [0.3, 0.4) is 0 Å². The first-order valence-electron chi connectivity index (χ1n) is 8.96. The maximum atomic E-state index is 10.4. The Balaban J connectivity index is 1.58. The molecule has 1 unspecified atom stereocenters. The van der Waals surface area contributed by atoms with Crippen LogP contribution < -0.4 is 0 Å². The van der Waals surface area contributed by atoms with Gasteiger partial charge in [0, 0.05) is 0 Å². The van der Waals surface area contributed by atoms with Crippen molar-refractivity contribution < 1.29 is 10.2 Å². The van der Waals surface area contributed by atoms with Crippen molar-refractivity contribution in [3.63, 3.8) is 0 Å². The van der Waals surface area contributed by atoms with Crippen molar-refractivity contribution in [2.75, 3.05) is 0 Å². The van der Waals surface area contributed by atoms with Gasteiger partial charge in [-0.2, -0.15) is 0 Å². The second kappa shape index (κ2) is 4.71. The SMILES string of the molecule is C[C@@]12CCC[C@H]1[C@@H]1CC[C@@H]3C(O)[C@@H](O)CC[C@@H]3[C@H]1CC2. The molecule has 0 aromatic heterocycles. The van der Waals surface area contributed by atoms with Crippen LogP contribution in [0.1, 0.15) is 64.7 Å². The smallest absolute Gasteiger partial charge is 0.0829 e. The fourth-order valence-electron chi connectivity index (χ4n) is 6.84. The van der Waals surface area contributed by atoms with Crippen molar-refractivity contribution in [1.29, 1.82) is 0 Å². The Morgan fingerprint density at radius 2 is 1.45 bits per heavy atom. The molecule has 20 heavy (non-hydrogen) atoms. The van der Waals surface area contributed by atoms with Crippen molar-refractivity contribution in [2.24, 2.45) is 35.0 Å². The van der Waals surface area contributed by atoms with E-state index in [2.05, 4.69) is 6.92 Å². The van der Waals surface area contributed by atoms with Gasteiger partial charge in [0.2, 0.25) is 0 Å². The average molecular weight is 278 g/mol. The molecule has 8 atom stereocenters. The minimum absolute atomic E-state index is 0.394. The quantitative estimate of drug-likeness (QED) is 0.713. The fourth-order valence-corrected chi connectivity index (χ4v) is 6.84. The van der Waals surface area contributed by atoms with E-state index < -0.39 is 12.2 Å². The highest BCUT2D eigenvalue weighted by molar-refractivity contribution is 5.04. The van der Waals surface area contributed by atoms with E-state index in [0.717, 1.165) is 37.0 Å². The molecular formula is C18H30O2. The topological polar surface area (TPSA) is 40.5 Å². The van der Waals surface area contributed by atoms with Crippen molar-refractivity contribution in [3.8, 4) is 0 Å². The van der Waals surface area contributed by atoms with Crippen molar-refractivity contribution in [2.45, 2.75) is 76.9 Å². The van der Waals surface area contributed by atoms with E-state index in [9.17, 15) is 10.2 Å². The first-order chi connectivity index (χ1) is 9.60. The van der Waals surface area contributed by atoms with E-state index in [0.29, 0.717) is 17.3 Å². The van der Waals surface area contributed by atoms with Gasteiger partial charge in [0.1, 0.15) is 0 Å². The molecule has 2 heteroatoms. The summed E-state index contributed by atoms with van der Waals surface area (Å²) in [4.78, 5) is 0. The number of hydrogen-bond acceptors (Lipinski definition) is 2. The summed E-state index contributed by atoms with van der Waals surface area (Å²) in [5, 5.41) is 20.3. The summed E-state index contributed by atoms with van der Waals surface area (Å²) in [6.07, 6.45) is 10.7. The second-order valence-electron chi connectivity index (χ2n) is 8.56. The molecule has 4 aliphatic carbocycles. The third kappa shape index (κ3) is 1.83. The van der Waals surface area contributed by atoms with Crippen LogP contribution in [0.5, 0.6) is 0 Å². The average Bonchev–Trinajstić information content (AvgIpc) is 2.84. The van der Waals surface area contributed by atoms with E-state index in [-0.39, 0.29) is 0 Å². The highest BCUT2D eigenvalue weighted by atomic mass is 16.3. The molecule has 4 saturated carbocycles. The maximum Gasteiger partial charge on any atom is 0.0829 e. The Hall–Kier alpha value is -0.0800. The van der Waals surface area contributed by atoms with Crippen LogP contribution in [-0.2, 0) is 0 Å². The Morgan fingerprint density at radius 1 is 0.750 bits per heavy atom. The van der Waals surface area contributed by atoms with Gasteiger partial charge in [-0.25, -0.2) is 0 Å². The molecule has 4 aliphatic rings. The number of aliphatic hydroxyl groups is 2. The first-order valence-corrected chi connectivity index (χ1v) is 8.96. The Bertz CT molecular complexity index is 382. The van der Waals surface area contributed by atoms with E-state index in [4.69, 9.17) is 0 Å². The summed E-state index contributed by atoms with van der Waals surface area (Å²) >= 11 is 0. The summed E-state index contributed by atoms with van der Waals surface area (Å²) in [5.41, 5.74) is 0.640. The molecular weight excluding hydrogens is 248 g/mol. The molecule has 0 spiro atoms. The monoisotopic (exact) mass is 278 g/mol. The molecule has 4 fully saturated rings. The Morgan fingerprint density at radius 3 is 2.30 bits per heavy atom. The van der Waals surface area contributed by atoms with Gasteiger partial charge in [0.25, 0.3) is 0 Å². The molecule has 114 valence electrons. The number of fused-ring (bicyclic) bond motifs is 5. The minimum Gasteiger partial charge on any atom is -0.390 e. The minimum atomic E-state index is -0.451. The molecule has 0 aromatic carbocycles. The molecule has 0 heterocycles. The van der Waals surface area contributed by atoms with Crippen LogP contribution >= 0.6 is 0 Å². The Labute approximate surface area is 123 Å². The lowest BCUT2D eigenvalue weighted by atomic mass is 9.50. The molecule has 4 rings (SSSR count). The third-order valence-electron chi connectivity index (χ3n) is 7.84. The zero-order valence-electron chi connectivity index (χ0n) is 12.8. The van der Waals surface area contributed by atoms with Gasteiger partial charge in [-0.15, -0.1) is 0 Å². The van der Waals surface area contributed by atoms with Gasteiger partial charge >= 0.3 is 0 Å². The number of hydrogen-bond donors (Lipinski definition) is 2. The highest BCUT2D eigenvalue weighted by Gasteiger charge is 2.54. The van der Waals surface area contributed by atoms with E-state index in [1.54, 1.807) is 0 Å². The van der Waals surface area contributed by atoms with E-state index in [1.165, 1.54) is 38.5 Å². The molecule has 2 nitrogen and oxygen atoms in total. The van der Waals surface area contributed by atoms with E-state index >= 15 is 0 Å². The van der Waals surface area contributed by atoms with Gasteiger partial charge in [-0.3, -0.25) is 0 Å². The van der Waals surface area contributed by atoms with Crippen LogP contribution in [0.2, 0.25) is 0 Å². The lowest BCUT2D eigenvalue weighted by molar-refractivity contribution is -0.127. The summed E-state index contributed by atoms with van der Waals surface area (Å²) in [6, 6.07) is 0. The molecule has 0 aliphatic heterocycles. The lowest BCUT2D eigenvalue weighted by Crippen LogP contribution is -2.52. The lowest BCUT2D eigenvalue weighted by Gasteiger charge is -2.56. The van der Waals surface area contributed by atoms with Crippen LogP contribution in [-0.4, -0.2) is 22.4 Å². The second-order valence-corrected chi connectivity index (χ2v) is 8.56. The van der Waals surface area contributed by atoms with Crippen LogP contribution in [0.25, 0.3) is 0 Å². The Kier molecular flexibility index (Phi) is 3.20. The van der Waals surface area contributed by atoms with Crippen LogP contribution in [0, 0.1) is 35.0 Å². The van der Waals surface area contributed by atoms with Crippen molar-refractivity contribution in [1.82, 2.24) is 0 Å². The summed E-state index contributed by atoms with van der Waals surface area (Å²) in [7, 11) is 0. The molecule has 0 saturated heterocycles. The van der Waals surface area contributed by atoms with E-state index in [1.807, 2.05) is 0 Å². The van der Waals surface area contributed by atoms with Crippen LogP contribution in [0.4, 0.5) is 0 Å². The first kappa shape index (κ1) is 13.6. The normalized spacial score (nSPS) is 58.6. The van der Waals surface area contributed by atoms with Gasteiger partial charge in [0.15, 0.2) is 0 Å². The zero-order valence-corrected chi connectivity index (χ0v) is 12.8. The van der Waals surface area contributed by atoms with Crippen molar-refractivity contribution in [3.05, 3.63) is 0 Å². The summed E-state index contributed by atoms with van der Waals surface area (Å²) in [5.74, 6) is 3.85. The molecule has 0 aromatic rings. The standard InChI is InChI=1S/C18H30O2/c1-18-9-2-3-15(18)13-4-5-14-11(12(13)8-10-18)6-7-16(19)17(14)20/h11-17,19-20H,2-10H2,1H3/t11-,12-,13-,14+,15+,16+,17?,18+/m1/s1. The van der Waals surface area contributed by atoms with Gasteiger partial charge in [-0.05, 0) is 86.4 Å².